The fourth-order valence-electron chi connectivity index (χ4n) is 2.94. The van der Waals surface area contributed by atoms with Gasteiger partial charge in [-0.25, -0.2) is 8.42 Å². The second-order valence-electron chi connectivity index (χ2n) is 6.47. The van der Waals surface area contributed by atoms with Gasteiger partial charge in [-0.05, 0) is 49.4 Å². The highest BCUT2D eigenvalue weighted by Gasteiger charge is 2.30. The van der Waals surface area contributed by atoms with E-state index in [4.69, 9.17) is 9.47 Å². The zero-order chi connectivity index (χ0) is 21.0. The Kier molecular flexibility index (Phi) is 6.31. The lowest BCUT2D eigenvalue weighted by molar-refractivity contribution is 0.0729. The van der Waals surface area contributed by atoms with E-state index < -0.39 is 15.9 Å². The Bertz CT molecular complexity index is 1010. The molecule has 0 atom stereocenters. The van der Waals surface area contributed by atoms with Crippen molar-refractivity contribution in [2.24, 2.45) is 0 Å². The molecule has 3 rings (SSSR count). The number of morpholine rings is 1. The van der Waals surface area contributed by atoms with Crippen LogP contribution in [0.5, 0.6) is 5.75 Å². The number of hydrogen-bond donors (Lipinski definition) is 1. The Morgan fingerprint density at radius 1 is 1.03 bits per heavy atom. The van der Waals surface area contributed by atoms with Crippen molar-refractivity contribution in [2.75, 3.05) is 38.7 Å². The van der Waals surface area contributed by atoms with Gasteiger partial charge in [-0.15, -0.1) is 0 Å². The zero-order valence-corrected chi connectivity index (χ0v) is 17.0. The Balaban J connectivity index is 1.87. The molecule has 154 valence electrons. The smallest absolute Gasteiger partial charge is 0.255 e. The van der Waals surface area contributed by atoms with Gasteiger partial charge in [0.1, 0.15) is 10.6 Å². The highest BCUT2D eigenvalue weighted by atomic mass is 32.2. The molecule has 0 aromatic heterocycles. The predicted octanol–water partition coefficient (Wildman–Crippen LogP) is 2.17. The van der Waals surface area contributed by atoms with Gasteiger partial charge in [0.25, 0.3) is 5.91 Å². The van der Waals surface area contributed by atoms with Crippen LogP contribution in [0, 0.1) is 0 Å². The summed E-state index contributed by atoms with van der Waals surface area (Å²) in [6.07, 6.45) is 0. The first kappa shape index (κ1) is 21.0. The topological polar surface area (TPSA) is 102 Å². The van der Waals surface area contributed by atoms with Gasteiger partial charge < -0.3 is 14.8 Å². The molecule has 0 spiro atoms. The van der Waals surface area contributed by atoms with E-state index in [1.165, 1.54) is 36.5 Å². The van der Waals surface area contributed by atoms with Gasteiger partial charge in [0, 0.05) is 29.9 Å². The quantitative estimate of drug-likeness (QED) is 0.722. The minimum Gasteiger partial charge on any atom is -0.495 e. The number of nitrogens with one attached hydrogen (secondary N) is 1. The highest BCUT2D eigenvalue weighted by Crippen LogP contribution is 2.28. The van der Waals surface area contributed by atoms with Crippen LogP contribution in [0.2, 0.25) is 0 Å². The van der Waals surface area contributed by atoms with E-state index in [9.17, 15) is 18.0 Å². The van der Waals surface area contributed by atoms with E-state index in [2.05, 4.69) is 5.32 Å². The molecule has 1 aliphatic rings. The zero-order valence-electron chi connectivity index (χ0n) is 16.2. The number of hydrogen-bond acceptors (Lipinski definition) is 6. The molecule has 0 radical (unpaired) electrons. The van der Waals surface area contributed by atoms with E-state index in [-0.39, 0.29) is 35.1 Å². The first-order valence-corrected chi connectivity index (χ1v) is 10.4. The van der Waals surface area contributed by atoms with Crippen molar-refractivity contribution < 1.29 is 27.5 Å². The number of methoxy groups -OCH3 is 1. The van der Waals surface area contributed by atoms with Gasteiger partial charge >= 0.3 is 0 Å². The fourth-order valence-corrected chi connectivity index (χ4v) is 4.53. The van der Waals surface area contributed by atoms with Crippen LogP contribution in [0.25, 0.3) is 0 Å². The van der Waals surface area contributed by atoms with Crippen LogP contribution in [-0.2, 0) is 14.8 Å². The molecule has 1 saturated heterocycles. The van der Waals surface area contributed by atoms with Crippen LogP contribution in [0.15, 0.2) is 47.4 Å². The SMILES string of the molecule is COc1ccc(C(=O)Nc2ccc(C(C)=O)cc2)cc1S(=O)(=O)N1CCOCC1. The number of ether oxygens (including phenoxy) is 2. The maximum atomic E-state index is 13.0. The fraction of sp³-hybridized carbons (Fsp3) is 0.300. The molecule has 1 fully saturated rings. The summed E-state index contributed by atoms with van der Waals surface area (Å²) in [6, 6.07) is 10.7. The van der Waals surface area contributed by atoms with Crippen molar-refractivity contribution in [3.63, 3.8) is 0 Å². The summed E-state index contributed by atoms with van der Waals surface area (Å²) in [6.45, 7) is 2.58. The normalized spacial score (nSPS) is 15.0. The molecule has 9 heteroatoms. The molecule has 2 aromatic carbocycles. The molecule has 2 aromatic rings. The summed E-state index contributed by atoms with van der Waals surface area (Å²) < 4.78 is 37.8. The third-order valence-electron chi connectivity index (χ3n) is 4.56. The Morgan fingerprint density at radius 3 is 2.24 bits per heavy atom. The number of amides is 1. The maximum absolute atomic E-state index is 13.0. The number of carbonyl (C=O) groups excluding carboxylic acids is 2. The first-order valence-electron chi connectivity index (χ1n) is 9.01. The summed E-state index contributed by atoms with van der Waals surface area (Å²) in [7, 11) is -2.46. The van der Waals surface area contributed by atoms with Crippen molar-refractivity contribution >= 4 is 27.4 Å². The summed E-state index contributed by atoms with van der Waals surface area (Å²) >= 11 is 0. The van der Waals surface area contributed by atoms with Crippen molar-refractivity contribution in [3.05, 3.63) is 53.6 Å². The Labute approximate surface area is 169 Å². The van der Waals surface area contributed by atoms with E-state index in [0.717, 1.165) is 0 Å². The molecule has 1 aliphatic heterocycles. The standard InChI is InChI=1S/C20H22N2O6S/c1-14(23)15-3-6-17(7-4-15)21-20(24)16-5-8-18(27-2)19(13-16)29(25,26)22-9-11-28-12-10-22/h3-8,13H,9-12H2,1-2H3,(H,21,24). The lowest BCUT2D eigenvalue weighted by Gasteiger charge is -2.26. The molecule has 1 heterocycles. The minimum atomic E-state index is -3.84. The number of rotatable bonds is 6. The number of ketones is 1. The number of anilines is 1. The number of benzene rings is 2. The molecule has 0 bridgehead atoms. The summed E-state index contributed by atoms with van der Waals surface area (Å²) in [5, 5.41) is 2.70. The molecule has 0 unspecified atom stereocenters. The van der Waals surface area contributed by atoms with Gasteiger partial charge in [-0.3, -0.25) is 9.59 Å². The molecule has 8 nitrogen and oxygen atoms in total. The third kappa shape index (κ3) is 4.64. The highest BCUT2D eigenvalue weighted by molar-refractivity contribution is 7.89. The van der Waals surface area contributed by atoms with Crippen LogP contribution in [-0.4, -0.2) is 57.8 Å². The molecule has 1 amide bonds. The lowest BCUT2D eigenvalue weighted by atomic mass is 10.1. The molecule has 0 saturated carbocycles. The number of sulfonamides is 1. The summed E-state index contributed by atoms with van der Waals surface area (Å²) in [5.41, 5.74) is 1.20. The molecular formula is C20H22N2O6S. The predicted molar refractivity (Wildman–Crippen MR) is 107 cm³/mol. The maximum Gasteiger partial charge on any atom is 0.255 e. The van der Waals surface area contributed by atoms with Crippen LogP contribution >= 0.6 is 0 Å². The number of Topliss-reactive ketones (excluding diaryl/α,β-unsaturated/α-hetero) is 1. The van der Waals surface area contributed by atoms with E-state index in [1.807, 2.05) is 0 Å². The number of carbonyl (C=O) groups is 2. The van der Waals surface area contributed by atoms with Crippen molar-refractivity contribution in [2.45, 2.75) is 11.8 Å². The van der Waals surface area contributed by atoms with E-state index in [1.54, 1.807) is 24.3 Å². The largest absolute Gasteiger partial charge is 0.495 e. The van der Waals surface area contributed by atoms with E-state index >= 15 is 0 Å². The molecule has 1 N–H and O–H groups in total. The van der Waals surface area contributed by atoms with Crippen LogP contribution in [0.4, 0.5) is 5.69 Å². The number of nitrogens with zero attached hydrogens (tertiary/aromatic N) is 1. The van der Waals surface area contributed by atoms with Gasteiger partial charge in [-0.2, -0.15) is 4.31 Å². The average Bonchev–Trinajstić information content (AvgIpc) is 2.74. The van der Waals surface area contributed by atoms with Crippen LogP contribution in [0.1, 0.15) is 27.6 Å². The summed E-state index contributed by atoms with van der Waals surface area (Å²) in [5.74, 6) is -0.378. The van der Waals surface area contributed by atoms with Gasteiger partial charge in [0.15, 0.2) is 5.78 Å². The Hall–Kier alpha value is -2.75. The van der Waals surface area contributed by atoms with Gasteiger partial charge in [-0.1, -0.05) is 0 Å². The van der Waals surface area contributed by atoms with Crippen LogP contribution in [0.3, 0.4) is 0 Å². The second kappa shape index (κ2) is 8.73. The lowest BCUT2D eigenvalue weighted by Crippen LogP contribution is -2.40. The first-order chi connectivity index (χ1) is 13.8. The van der Waals surface area contributed by atoms with Crippen molar-refractivity contribution in [1.29, 1.82) is 0 Å². The molecular weight excluding hydrogens is 396 g/mol. The van der Waals surface area contributed by atoms with E-state index in [0.29, 0.717) is 24.5 Å². The van der Waals surface area contributed by atoms with Crippen molar-refractivity contribution in [1.82, 2.24) is 4.31 Å². The van der Waals surface area contributed by atoms with Gasteiger partial charge in [0.2, 0.25) is 10.0 Å². The molecule has 29 heavy (non-hydrogen) atoms. The minimum absolute atomic E-state index is 0.0681. The third-order valence-corrected chi connectivity index (χ3v) is 6.48. The second-order valence-corrected chi connectivity index (χ2v) is 8.38. The monoisotopic (exact) mass is 418 g/mol. The van der Waals surface area contributed by atoms with Crippen LogP contribution < -0.4 is 10.1 Å². The van der Waals surface area contributed by atoms with Crippen molar-refractivity contribution in [3.8, 4) is 5.75 Å². The molecule has 0 aliphatic carbocycles. The Morgan fingerprint density at radius 2 is 1.66 bits per heavy atom. The van der Waals surface area contributed by atoms with Gasteiger partial charge in [0.05, 0.1) is 20.3 Å². The average molecular weight is 418 g/mol. The summed E-state index contributed by atoms with van der Waals surface area (Å²) in [4.78, 5) is 23.9.